The summed E-state index contributed by atoms with van der Waals surface area (Å²) in [5.74, 6) is -1.04. The minimum atomic E-state index is -0.790. The highest BCUT2D eigenvalue weighted by atomic mass is 32.1. The molecule has 2 amide bonds. The predicted molar refractivity (Wildman–Crippen MR) is 89.7 cm³/mol. The molecule has 130 valence electrons. The third kappa shape index (κ3) is 4.14. The molecule has 1 aliphatic heterocycles. The Morgan fingerprint density at radius 3 is 2.79 bits per heavy atom. The van der Waals surface area contributed by atoms with E-state index in [1.54, 1.807) is 17.9 Å². The van der Waals surface area contributed by atoms with E-state index in [9.17, 15) is 14.4 Å². The Morgan fingerprint density at radius 2 is 2.12 bits per heavy atom. The molecule has 0 bridgehead atoms. The molecule has 1 N–H and O–H groups in total. The van der Waals surface area contributed by atoms with E-state index in [1.807, 2.05) is 11.4 Å². The average molecular weight is 350 g/mol. The largest absolute Gasteiger partial charge is 0.452 e. The first kappa shape index (κ1) is 17.0. The Hall–Kier alpha value is -1.89. The van der Waals surface area contributed by atoms with Gasteiger partial charge in [0.15, 0.2) is 6.10 Å². The Kier molecular flexibility index (Phi) is 5.18. The van der Waals surface area contributed by atoms with E-state index >= 15 is 0 Å². The zero-order chi connectivity index (χ0) is 17.1. The lowest BCUT2D eigenvalue weighted by Crippen LogP contribution is -2.44. The summed E-state index contributed by atoms with van der Waals surface area (Å²) in [5, 5.41) is 4.69. The topological polar surface area (TPSA) is 75.7 Å². The summed E-state index contributed by atoms with van der Waals surface area (Å²) in [6.07, 6.45) is 2.65. The van der Waals surface area contributed by atoms with E-state index in [-0.39, 0.29) is 23.8 Å². The second-order valence-corrected chi connectivity index (χ2v) is 7.38. The van der Waals surface area contributed by atoms with Crippen molar-refractivity contribution in [3.8, 4) is 0 Å². The maximum absolute atomic E-state index is 12.4. The molecule has 0 aromatic carbocycles. The fourth-order valence-electron chi connectivity index (χ4n) is 2.78. The lowest BCUT2D eigenvalue weighted by Gasteiger charge is -2.31. The molecule has 2 atom stereocenters. The lowest BCUT2D eigenvalue weighted by molar-refractivity contribution is -0.160. The highest BCUT2D eigenvalue weighted by molar-refractivity contribution is 7.12. The molecule has 2 unspecified atom stereocenters. The number of carbonyl (C=O) groups is 3. The fraction of sp³-hybridized carbons (Fsp3) is 0.588. The van der Waals surface area contributed by atoms with Crippen molar-refractivity contribution in [3.05, 3.63) is 22.4 Å². The quantitative estimate of drug-likeness (QED) is 0.822. The van der Waals surface area contributed by atoms with E-state index in [0.29, 0.717) is 24.4 Å². The first-order chi connectivity index (χ1) is 11.5. The summed E-state index contributed by atoms with van der Waals surface area (Å²) in [6, 6.07) is 3.87. The second kappa shape index (κ2) is 7.34. The van der Waals surface area contributed by atoms with E-state index < -0.39 is 12.1 Å². The third-order valence-corrected chi connectivity index (χ3v) is 5.22. The third-order valence-electron chi connectivity index (χ3n) is 4.36. The minimum absolute atomic E-state index is 0.0398. The van der Waals surface area contributed by atoms with Crippen molar-refractivity contribution in [1.82, 2.24) is 10.2 Å². The number of likely N-dealkylation sites (tertiary alicyclic amines) is 1. The predicted octanol–water partition coefficient (Wildman–Crippen LogP) is 1.81. The number of hydrogen-bond acceptors (Lipinski definition) is 5. The SMILES string of the molecule is CC(OC(=O)C1CCCN(C(=O)c2cccs2)C1)C(=O)NC1CC1. The van der Waals surface area contributed by atoms with Crippen LogP contribution in [-0.4, -0.2) is 47.9 Å². The van der Waals surface area contributed by atoms with Crippen LogP contribution >= 0.6 is 11.3 Å². The minimum Gasteiger partial charge on any atom is -0.452 e. The number of carbonyl (C=O) groups excluding carboxylic acids is 3. The molecule has 2 aliphatic rings. The molecule has 6 nitrogen and oxygen atoms in total. The number of hydrogen-bond donors (Lipinski definition) is 1. The van der Waals surface area contributed by atoms with Gasteiger partial charge >= 0.3 is 5.97 Å². The van der Waals surface area contributed by atoms with Crippen molar-refractivity contribution in [1.29, 1.82) is 0 Å². The van der Waals surface area contributed by atoms with Crippen LogP contribution in [-0.2, 0) is 14.3 Å². The first-order valence-electron chi connectivity index (χ1n) is 8.38. The molecule has 24 heavy (non-hydrogen) atoms. The van der Waals surface area contributed by atoms with Crippen LogP contribution in [0.15, 0.2) is 17.5 Å². The molecule has 1 aliphatic carbocycles. The number of esters is 1. The van der Waals surface area contributed by atoms with Crippen LogP contribution in [0, 0.1) is 5.92 Å². The van der Waals surface area contributed by atoms with Crippen LogP contribution in [0.3, 0.4) is 0 Å². The van der Waals surface area contributed by atoms with Gasteiger partial charge in [0.05, 0.1) is 10.8 Å². The van der Waals surface area contributed by atoms with E-state index in [1.165, 1.54) is 11.3 Å². The van der Waals surface area contributed by atoms with Gasteiger partial charge in [0.2, 0.25) is 0 Å². The van der Waals surface area contributed by atoms with E-state index in [4.69, 9.17) is 4.74 Å². The van der Waals surface area contributed by atoms with E-state index in [2.05, 4.69) is 5.32 Å². The molecule has 0 spiro atoms. The van der Waals surface area contributed by atoms with Gasteiger partial charge in [-0.25, -0.2) is 0 Å². The first-order valence-corrected chi connectivity index (χ1v) is 9.26. The second-order valence-electron chi connectivity index (χ2n) is 6.43. The smallest absolute Gasteiger partial charge is 0.311 e. The normalized spacial score (nSPS) is 21.9. The summed E-state index contributed by atoms with van der Waals surface area (Å²) >= 11 is 1.40. The van der Waals surface area contributed by atoms with Gasteiger partial charge in [-0.05, 0) is 44.1 Å². The van der Waals surface area contributed by atoms with Crippen LogP contribution < -0.4 is 5.32 Å². The molecule has 2 fully saturated rings. The lowest BCUT2D eigenvalue weighted by atomic mass is 9.98. The van der Waals surface area contributed by atoms with Crippen LogP contribution in [0.5, 0.6) is 0 Å². The summed E-state index contributed by atoms with van der Waals surface area (Å²) in [6.45, 7) is 2.60. The maximum atomic E-state index is 12.4. The number of rotatable bonds is 5. The molecule has 1 saturated heterocycles. The van der Waals surface area contributed by atoms with Crippen molar-refractivity contribution < 1.29 is 19.1 Å². The van der Waals surface area contributed by atoms with Crippen LogP contribution in [0.25, 0.3) is 0 Å². The van der Waals surface area contributed by atoms with Gasteiger partial charge < -0.3 is 15.0 Å². The molecular weight excluding hydrogens is 328 g/mol. The average Bonchev–Trinajstić information content (AvgIpc) is 3.23. The van der Waals surface area contributed by atoms with Crippen molar-refractivity contribution >= 4 is 29.1 Å². The van der Waals surface area contributed by atoms with Crippen LogP contribution in [0.1, 0.15) is 42.3 Å². The summed E-state index contributed by atoms with van der Waals surface area (Å²) in [7, 11) is 0. The van der Waals surface area contributed by atoms with Crippen molar-refractivity contribution in [2.75, 3.05) is 13.1 Å². The molecular formula is C17H22N2O4S. The monoisotopic (exact) mass is 350 g/mol. The molecule has 1 aromatic rings. The number of nitrogens with zero attached hydrogens (tertiary/aromatic N) is 1. The number of amides is 2. The van der Waals surface area contributed by atoms with Crippen molar-refractivity contribution in [3.63, 3.8) is 0 Å². The Morgan fingerprint density at radius 1 is 1.33 bits per heavy atom. The van der Waals surface area contributed by atoms with Gasteiger partial charge in [-0.1, -0.05) is 6.07 Å². The molecule has 1 aromatic heterocycles. The standard InChI is InChI=1S/C17H22N2O4S/c1-11(15(20)18-13-6-7-13)23-17(22)12-4-2-8-19(10-12)16(21)14-5-3-9-24-14/h3,5,9,11-13H,2,4,6-8,10H2,1H3,(H,18,20). The number of nitrogens with one attached hydrogen (secondary N) is 1. The number of piperidine rings is 1. The Balaban J connectivity index is 1.52. The van der Waals surface area contributed by atoms with Gasteiger partial charge in [0.1, 0.15) is 0 Å². The van der Waals surface area contributed by atoms with Crippen LogP contribution in [0.2, 0.25) is 0 Å². The molecule has 2 heterocycles. The highest BCUT2D eigenvalue weighted by Gasteiger charge is 2.33. The summed E-state index contributed by atoms with van der Waals surface area (Å²) < 4.78 is 5.31. The maximum Gasteiger partial charge on any atom is 0.311 e. The fourth-order valence-corrected chi connectivity index (χ4v) is 3.47. The van der Waals surface area contributed by atoms with Gasteiger partial charge in [-0.2, -0.15) is 0 Å². The molecule has 3 rings (SSSR count). The van der Waals surface area contributed by atoms with Crippen molar-refractivity contribution in [2.45, 2.75) is 44.8 Å². The zero-order valence-corrected chi connectivity index (χ0v) is 14.5. The van der Waals surface area contributed by atoms with Gasteiger partial charge in [-0.3, -0.25) is 14.4 Å². The van der Waals surface area contributed by atoms with Gasteiger partial charge in [-0.15, -0.1) is 11.3 Å². The summed E-state index contributed by atoms with van der Waals surface area (Å²) in [5.41, 5.74) is 0. The van der Waals surface area contributed by atoms with Crippen molar-refractivity contribution in [2.24, 2.45) is 5.92 Å². The van der Waals surface area contributed by atoms with Gasteiger partial charge in [0.25, 0.3) is 11.8 Å². The number of thiophene rings is 1. The molecule has 7 heteroatoms. The number of ether oxygens (including phenoxy) is 1. The van der Waals surface area contributed by atoms with E-state index in [0.717, 1.165) is 19.3 Å². The van der Waals surface area contributed by atoms with Gasteiger partial charge in [0, 0.05) is 19.1 Å². The zero-order valence-electron chi connectivity index (χ0n) is 13.7. The van der Waals surface area contributed by atoms with Crippen LogP contribution in [0.4, 0.5) is 0 Å². The summed E-state index contributed by atoms with van der Waals surface area (Å²) in [4.78, 5) is 39.0. The molecule has 1 saturated carbocycles. The highest BCUT2D eigenvalue weighted by Crippen LogP contribution is 2.22. The molecule has 0 radical (unpaired) electrons. The Labute approximate surface area is 145 Å². The Bertz CT molecular complexity index is 612.